The van der Waals surface area contributed by atoms with E-state index in [0.29, 0.717) is 15.7 Å². The topological polar surface area (TPSA) is 38.3 Å². The molecule has 1 N–H and O–H groups in total. The second kappa shape index (κ2) is 5.84. The van der Waals surface area contributed by atoms with Crippen LogP contribution in [0.1, 0.15) is 10.4 Å². The summed E-state index contributed by atoms with van der Waals surface area (Å²) in [5.41, 5.74) is 0.859. The fraction of sp³-hybridized carbons (Fsp3) is 0.0714. The number of nitrogens with one attached hydrogen (secondary N) is 1. The normalized spacial score (nSPS) is 10.1. The van der Waals surface area contributed by atoms with Gasteiger partial charge in [-0.15, -0.1) is 0 Å². The summed E-state index contributed by atoms with van der Waals surface area (Å²) < 4.78 is 19.0. The van der Waals surface area contributed by atoms with Gasteiger partial charge >= 0.3 is 0 Å². The van der Waals surface area contributed by atoms with Gasteiger partial charge in [0, 0.05) is 16.2 Å². The van der Waals surface area contributed by atoms with Crippen LogP contribution in [0.15, 0.2) is 46.9 Å². The van der Waals surface area contributed by atoms with Gasteiger partial charge in [0.15, 0.2) is 11.6 Å². The van der Waals surface area contributed by atoms with Crippen LogP contribution in [0.2, 0.25) is 0 Å². The van der Waals surface area contributed by atoms with E-state index in [1.807, 2.05) is 6.07 Å². The van der Waals surface area contributed by atoms with Gasteiger partial charge in [0.25, 0.3) is 5.91 Å². The molecule has 0 atom stereocenters. The molecule has 98 valence electrons. The number of halogens is 2. The first-order valence-corrected chi connectivity index (χ1v) is 6.30. The van der Waals surface area contributed by atoms with Crippen LogP contribution in [0.5, 0.6) is 5.75 Å². The summed E-state index contributed by atoms with van der Waals surface area (Å²) in [6.07, 6.45) is 0. The van der Waals surface area contributed by atoms with Gasteiger partial charge in [0.05, 0.1) is 12.7 Å². The molecule has 0 saturated carbocycles. The predicted molar refractivity (Wildman–Crippen MR) is 75.0 cm³/mol. The zero-order valence-corrected chi connectivity index (χ0v) is 11.7. The van der Waals surface area contributed by atoms with Crippen molar-refractivity contribution in [3.63, 3.8) is 0 Å². The summed E-state index contributed by atoms with van der Waals surface area (Å²) in [4.78, 5) is 12.0. The molecule has 0 spiro atoms. The summed E-state index contributed by atoms with van der Waals surface area (Å²) in [7, 11) is 1.39. The highest BCUT2D eigenvalue weighted by molar-refractivity contribution is 9.10. The molecule has 0 aliphatic rings. The van der Waals surface area contributed by atoms with Crippen molar-refractivity contribution in [2.75, 3.05) is 12.4 Å². The summed E-state index contributed by atoms with van der Waals surface area (Å²) in [6.45, 7) is 0. The molecule has 1 amide bonds. The van der Waals surface area contributed by atoms with Crippen LogP contribution in [0, 0.1) is 5.82 Å². The maximum Gasteiger partial charge on any atom is 0.256 e. The first kappa shape index (κ1) is 13.5. The van der Waals surface area contributed by atoms with E-state index in [4.69, 9.17) is 4.74 Å². The third-order valence-electron chi connectivity index (χ3n) is 2.53. The van der Waals surface area contributed by atoms with E-state index >= 15 is 0 Å². The van der Waals surface area contributed by atoms with E-state index in [1.54, 1.807) is 24.3 Å². The lowest BCUT2D eigenvalue weighted by molar-refractivity contribution is 0.102. The molecule has 2 rings (SSSR count). The van der Waals surface area contributed by atoms with Crippen molar-refractivity contribution in [2.24, 2.45) is 0 Å². The lowest BCUT2D eigenvalue weighted by Gasteiger charge is -2.08. The second-order valence-corrected chi connectivity index (χ2v) is 4.64. The predicted octanol–water partition coefficient (Wildman–Crippen LogP) is 3.85. The zero-order chi connectivity index (χ0) is 13.8. The molecule has 0 radical (unpaired) electrons. The summed E-state index contributed by atoms with van der Waals surface area (Å²) in [5, 5.41) is 2.63. The largest absolute Gasteiger partial charge is 0.494 e. The zero-order valence-electron chi connectivity index (χ0n) is 10.1. The average molecular weight is 324 g/mol. The molecule has 0 aliphatic heterocycles. The van der Waals surface area contributed by atoms with Crippen LogP contribution in [-0.2, 0) is 0 Å². The van der Waals surface area contributed by atoms with Gasteiger partial charge in [-0.1, -0.05) is 12.1 Å². The number of ether oxygens (including phenoxy) is 1. The molecule has 0 unspecified atom stereocenters. The van der Waals surface area contributed by atoms with Crippen molar-refractivity contribution in [2.45, 2.75) is 0 Å². The van der Waals surface area contributed by atoms with Crippen molar-refractivity contribution in [3.8, 4) is 5.75 Å². The Morgan fingerprint density at radius 3 is 2.63 bits per heavy atom. The van der Waals surface area contributed by atoms with E-state index in [1.165, 1.54) is 19.2 Å². The van der Waals surface area contributed by atoms with Crippen LogP contribution in [0.4, 0.5) is 10.1 Å². The monoisotopic (exact) mass is 323 g/mol. The number of hydrogen-bond acceptors (Lipinski definition) is 2. The second-order valence-electron chi connectivity index (χ2n) is 3.78. The van der Waals surface area contributed by atoms with E-state index in [0.717, 1.165) is 0 Å². The lowest BCUT2D eigenvalue weighted by Crippen LogP contribution is -2.12. The Kier molecular flexibility index (Phi) is 4.16. The van der Waals surface area contributed by atoms with Crippen LogP contribution in [-0.4, -0.2) is 13.0 Å². The third-order valence-corrected chi connectivity index (χ3v) is 3.22. The third kappa shape index (κ3) is 3.12. The Morgan fingerprint density at radius 2 is 2.00 bits per heavy atom. The molecular formula is C14H11BrFNO2. The number of methoxy groups -OCH3 is 1. The highest BCUT2D eigenvalue weighted by atomic mass is 79.9. The molecule has 0 saturated heterocycles. The summed E-state index contributed by atoms with van der Waals surface area (Å²) >= 11 is 3.29. The van der Waals surface area contributed by atoms with Gasteiger partial charge in [0.1, 0.15) is 0 Å². The molecule has 0 heterocycles. The van der Waals surface area contributed by atoms with Crippen molar-refractivity contribution < 1.29 is 13.9 Å². The number of benzene rings is 2. The Balaban J connectivity index is 2.20. The van der Waals surface area contributed by atoms with Gasteiger partial charge in [0.2, 0.25) is 0 Å². The SMILES string of the molecule is COc1ccc(NC(=O)c2ccccc2Br)cc1F. The Morgan fingerprint density at radius 1 is 1.26 bits per heavy atom. The van der Waals surface area contributed by atoms with Gasteiger partial charge in [-0.25, -0.2) is 4.39 Å². The first-order valence-electron chi connectivity index (χ1n) is 5.51. The van der Waals surface area contributed by atoms with Crippen molar-refractivity contribution in [1.82, 2.24) is 0 Å². The minimum Gasteiger partial charge on any atom is -0.494 e. The molecule has 0 bridgehead atoms. The molecule has 0 aromatic heterocycles. The lowest BCUT2D eigenvalue weighted by atomic mass is 10.2. The molecule has 0 aliphatic carbocycles. The number of hydrogen-bond donors (Lipinski definition) is 1. The molecule has 19 heavy (non-hydrogen) atoms. The standard InChI is InChI=1S/C14H11BrFNO2/c1-19-13-7-6-9(8-12(13)16)17-14(18)10-4-2-3-5-11(10)15/h2-8H,1H3,(H,17,18). The van der Waals surface area contributed by atoms with E-state index in [-0.39, 0.29) is 11.7 Å². The van der Waals surface area contributed by atoms with E-state index in [9.17, 15) is 9.18 Å². The fourth-order valence-electron chi connectivity index (χ4n) is 1.59. The number of anilines is 1. The van der Waals surface area contributed by atoms with Crippen molar-refractivity contribution in [1.29, 1.82) is 0 Å². The van der Waals surface area contributed by atoms with Gasteiger partial charge in [-0.3, -0.25) is 4.79 Å². The highest BCUT2D eigenvalue weighted by Crippen LogP contribution is 2.22. The molecule has 2 aromatic carbocycles. The Bertz CT molecular complexity index is 616. The molecule has 5 heteroatoms. The minimum atomic E-state index is -0.521. The van der Waals surface area contributed by atoms with Gasteiger partial charge in [-0.05, 0) is 40.2 Å². The molecule has 0 fully saturated rings. The van der Waals surface area contributed by atoms with Gasteiger partial charge in [-0.2, -0.15) is 0 Å². The maximum absolute atomic E-state index is 13.5. The van der Waals surface area contributed by atoms with E-state index in [2.05, 4.69) is 21.2 Å². The van der Waals surface area contributed by atoms with Crippen LogP contribution in [0.25, 0.3) is 0 Å². The van der Waals surface area contributed by atoms with Gasteiger partial charge < -0.3 is 10.1 Å². The first-order chi connectivity index (χ1) is 9.11. The molecule has 3 nitrogen and oxygen atoms in total. The van der Waals surface area contributed by atoms with Crippen LogP contribution >= 0.6 is 15.9 Å². The van der Waals surface area contributed by atoms with Crippen molar-refractivity contribution >= 4 is 27.5 Å². The average Bonchev–Trinajstić information content (AvgIpc) is 2.39. The highest BCUT2D eigenvalue weighted by Gasteiger charge is 2.11. The number of carbonyl (C=O) groups excluding carboxylic acids is 1. The maximum atomic E-state index is 13.5. The fourth-order valence-corrected chi connectivity index (χ4v) is 2.05. The summed E-state index contributed by atoms with van der Waals surface area (Å²) in [6, 6.07) is 11.3. The van der Waals surface area contributed by atoms with Crippen molar-refractivity contribution in [3.05, 3.63) is 58.3 Å². The van der Waals surface area contributed by atoms with E-state index < -0.39 is 5.82 Å². The summed E-state index contributed by atoms with van der Waals surface area (Å²) in [5.74, 6) is -0.691. The molecule has 2 aromatic rings. The van der Waals surface area contributed by atoms with Crippen LogP contribution < -0.4 is 10.1 Å². The Labute approximate surface area is 118 Å². The number of carbonyl (C=O) groups is 1. The number of amides is 1. The molecular weight excluding hydrogens is 313 g/mol. The smallest absolute Gasteiger partial charge is 0.256 e. The quantitative estimate of drug-likeness (QED) is 0.931. The number of rotatable bonds is 3. The van der Waals surface area contributed by atoms with Crippen LogP contribution in [0.3, 0.4) is 0 Å². The Hall–Kier alpha value is -1.88. The minimum absolute atomic E-state index is 0.138.